The number of nitrogens with zero attached hydrogens (tertiary/aromatic N) is 1. The minimum atomic E-state index is -3.84. The molecule has 278 valence electrons. The summed E-state index contributed by atoms with van der Waals surface area (Å²) in [5.41, 5.74) is 5.26. The van der Waals surface area contributed by atoms with Crippen molar-refractivity contribution in [2.75, 3.05) is 38.8 Å². The first-order valence-electron chi connectivity index (χ1n) is 16.7. The zero-order valence-electron chi connectivity index (χ0n) is 29.8. The van der Waals surface area contributed by atoms with Crippen LogP contribution in [0.3, 0.4) is 0 Å². The third kappa shape index (κ3) is 10.2. The molecule has 1 aliphatic heterocycles. The smallest absolute Gasteiger partial charge is 0.236 e. The number of fused-ring (bicyclic) bond motifs is 1. The van der Waals surface area contributed by atoms with Crippen LogP contribution in [-0.2, 0) is 44.4 Å². The predicted molar refractivity (Wildman–Crippen MR) is 200 cm³/mol. The normalized spacial score (nSPS) is 12.9. The van der Waals surface area contributed by atoms with Crippen molar-refractivity contribution < 1.29 is 40.6 Å². The quantitative estimate of drug-likeness (QED) is 0.149. The van der Waals surface area contributed by atoms with Crippen LogP contribution in [0.25, 0.3) is 11.1 Å². The van der Waals surface area contributed by atoms with Gasteiger partial charge in [0.25, 0.3) is 0 Å². The third-order valence-corrected chi connectivity index (χ3v) is 11.1. The molecular weight excluding hydrogens is 728 g/mol. The average molecular weight is 771 g/mol. The van der Waals surface area contributed by atoms with Gasteiger partial charge < -0.3 is 23.8 Å². The summed E-state index contributed by atoms with van der Waals surface area (Å²) in [5.74, 6) is 0.891. The van der Waals surface area contributed by atoms with Gasteiger partial charge in [-0.3, -0.25) is 9.52 Å². The number of amides is 1. The van der Waals surface area contributed by atoms with Gasteiger partial charge in [-0.2, -0.15) is 0 Å². The van der Waals surface area contributed by atoms with E-state index in [0.717, 1.165) is 34.3 Å². The Kier molecular flexibility index (Phi) is 12.4. The van der Waals surface area contributed by atoms with Crippen molar-refractivity contribution in [2.45, 2.75) is 45.4 Å². The summed E-state index contributed by atoms with van der Waals surface area (Å²) >= 11 is 6.78. The molecule has 0 saturated heterocycles. The first kappa shape index (κ1) is 38.9. The van der Waals surface area contributed by atoms with Crippen LogP contribution in [0.1, 0.15) is 36.1 Å². The zero-order chi connectivity index (χ0) is 37.6. The molecule has 1 aliphatic rings. The molecule has 4 aromatic carbocycles. The maximum Gasteiger partial charge on any atom is 0.236 e. The highest BCUT2D eigenvalue weighted by Crippen LogP contribution is 2.38. The Morgan fingerprint density at radius 2 is 1.60 bits per heavy atom. The van der Waals surface area contributed by atoms with Gasteiger partial charge in [-0.1, -0.05) is 61.8 Å². The van der Waals surface area contributed by atoms with E-state index in [1.807, 2.05) is 43.3 Å². The van der Waals surface area contributed by atoms with Crippen LogP contribution in [0.2, 0.25) is 5.02 Å². The van der Waals surface area contributed by atoms with Crippen LogP contribution in [0.5, 0.6) is 23.0 Å². The number of hydrogen-bond donors (Lipinski definition) is 1. The van der Waals surface area contributed by atoms with E-state index >= 15 is 0 Å². The largest absolute Gasteiger partial charge is 0.488 e. The number of nitrogens with one attached hydrogen (secondary N) is 1. The van der Waals surface area contributed by atoms with Crippen LogP contribution < -0.4 is 23.7 Å². The lowest BCUT2D eigenvalue weighted by molar-refractivity contribution is -0.122. The van der Waals surface area contributed by atoms with E-state index in [2.05, 4.69) is 4.72 Å². The van der Waals surface area contributed by atoms with Gasteiger partial charge in [-0.25, -0.2) is 16.8 Å². The molecule has 0 radical (unpaired) electrons. The summed E-state index contributed by atoms with van der Waals surface area (Å²) in [6.45, 7) is 6.91. The van der Waals surface area contributed by atoms with E-state index < -0.39 is 31.7 Å². The van der Waals surface area contributed by atoms with Crippen LogP contribution in [0, 0.1) is 12.8 Å². The fraction of sp³-hybridized carbons (Fsp3) is 0.342. The number of sulfonamides is 1. The van der Waals surface area contributed by atoms with Gasteiger partial charge in [-0.15, -0.1) is 0 Å². The molecule has 0 unspecified atom stereocenters. The number of sulfone groups is 1. The molecule has 0 aliphatic carbocycles. The highest BCUT2D eigenvalue weighted by atomic mass is 35.5. The lowest BCUT2D eigenvalue weighted by Gasteiger charge is -2.21. The molecule has 0 fully saturated rings. The number of benzene rings is 4. The van der Waals surface area contributed by atoms with Gasteiger partial charge in [0.15, 0.2) is 21.3 Å². The van der Waals surface area contributed by atoms with Gasteiger partial charge in [-0.05, 0) is 72.1 Å². The highest BCUT2D eigenvalue weighted by Gasteiger charge is 2.20. The molecule has 0 aromatic heterocycles. The number of hydrogen-bond acceptors (Lipinski definition) is 10. The Bertz CT molecular complexity index is 2160. The molecule has 4 aromatic rings. The second-order valence-corrected chi connectivity index (χ2v) is 17.3. The van der Waals surface area contributed by atoms with Crippen molar-refractivity contribution >= 4 is 37.4 Å². The van der Waals surface area contributed by atoms with E-state index in [9.17, 15) is 21.6 Å². The molecule has 0 saturated carbocycles. The summed E-state index contributed by atoms with van der Waals surface area (Å²) in [6.07, 6.45) is 1.14. The molecule has 1 amide bonds. The van der Waals surface area contributed by atoms with E-state index in [-0.39, 0.29) is 37.0 Å². The SMILES string of the molecule is Cc1c(COc2cc(OCc3cccc(S(C)(=O)=O)c3)c(CN(C)CCS(=O)(=O)NC(=O)C(C)C)cc2Cl)cccc1-c1ccc2c(c1)OCCO2. The Balaban J connectivity index is 1.36. The van der Waals surface area contributed by atoms with Gasteiger partial charge in [0.05, 0.1) is 15.7 Å². The predicted octanol–water partition coefficient (Wildman–Crippen LogP) is 6.18. The van der Waals surface area contributed by atoms with Crippen LogP contribution in [0.4, 0.5) is 0 Å². The molecule has 0 bridgehead atoms. The number of carbonyl (C=O) groups excluding carboxylic acids is 1. The van der Waals surface area contributed by atoms with Crippen molar-refractivity contribution in [3.05, 3.63) is 100 Å². The number of carbonyl (C=O) groups is 1. The Hall–Kier alpha value is -4.30. The Labute approximate surface area is 310 Å². The average Bonchev–Trinajstić information content (AvgIpc) is 3.10. The van der Waals surface area contributed by atoms with Gasteiger partial charge in [0.2, 0.25) is 15.9 Å². The van der Waals surface area contributed by atoms with Crippen molar-refractivity contribution in [3.8, 4) is 34.1 Å². The van der Waals surface area contributed by atoms with Crippen LogP contribution >= 0.6 is 11.6 Å². The maximum atomic E-state index is 12.5. The van der Waals surface area contributed by atoms with Gasteiger partial charge in [0.1, 0.15) is 37.9 Å². The molecule has 52 heavy (non-hydrogen) atoms. The van der Waals surface area contributed by atoms with Crippen molar-refractivity contribution in [2.24, 2.45) is 5.92 Å². The number of rotatable bonds is 15. The number of ether oxygens (including phenoxy) is 4. The molecule has 1 heterocycles. The van der Waals surface area contributed by atoms with E-state index in [1.165, 1.54) is 6.07 Å². The summed E-state index contributed by atoms with van der Waals surface area (Å²) in [5, 5.41) is 0.326. The monoisotopic (exact) mass is 770 g/mol. The van der Waals surface area contributed by atoms with Crippen LogP contribution in [0.15, 0.2) is 77.7 Å². The molecule has 11 nitrogen and oxygen atoms in total. The highest BCUT2D eigenvalue weighted by molar-refractivity contribution is 7.90. The van der Waals surface area contributed by atoms with Crippen molar-refractivity contribution in [1.29, 1.82) is 0 Å². The first-order valence-corrected chi connectivity index (χ1v) is 20.6. The van der Waals surface area contributed by atoms with Crippen LogP contribution in [-0.4, -0.2) is 66.5 Å². The van der Waals surface area contributed by atoms with E-state index in [0.29, 0.717) is 46.6 Å². The fourth-order valence-corrected chi connectivity index (χ4v) is 7.59. The summed E-state index contributed by atoms with van der Waals surface area (Å²) in [7, 11) is -5.52. The van der Waals surface area contributed by atoms with Gasteiger partial charge >= 0.3 is 0 Å². The summed E-state index contributed by atoms with van der Waals surface area (Å²) in [4.78, 5) is 13.9. The maximum absolute atomic E-state index is 12.5. The van der Waals surface area contributed by atoms with Gasteiger partial charge in [0, 0.05) is 36.9 Å². The van der Waals surface area contributed by atoms with E-state index in [1.54, 1.807) is 56.1 Å². The lowest BCUT2D eigenvalue weighted by atomic mass is 9.96. The lowest BCUT2D eigenvalue weighted by Crippen LogP contribution is -2.38. The molecule has 0 atom stereocenters. The zero-order valence-corrected chi connectivity index (χ0v) is 32.2. The fourth-order valence-electron chi connectivity index (χ4n) is 5.46. The second kappa shape index (κ2) is 16.6. The molecule has 1 N–H and O–H groups in total. The minimum absolute atomic E-state index is 0.0491. The first-order chi connectivity index (χ1) is 24.6. The Morgan fingerprint density at radius 1 is 0.885 bits per heavy atom. The second-order valence-electron chi connectivity index (χ2n) is 13.0. The molecule has 0 spiro atoms. The minimum Gasteiger partial charge on any atom is -0.488 e. The summed E-state index contributed by atoms with van der Waals surface area (Å²) in [6, 6.07) is 21.8. The molecular formula is C38H43ClN2O9S2. The molecule has 14 heteroatoms. The number of halogens is 1. The topological polar surface area (TPSA) is 138 Å². The summed E-state index contributed by atoms with van der Waals surface area (Å²) < 4.78 is 75.5. The van der Waals surface area contributed by atoms with Crippen molar-refractivity contribution in [1.82, 2.24) is 9.62 Å². The third-order valence-electron chi connectivity index (χ3n) is 8.48. The van der Waals surface area contributed by atoms with Crippen molar-refractivity contribution in [3.63, 3.8) is 0 Å². The Morgan fingerprint density at radius 3 is 2.33 bits per heavy atom. The van der Waals surface area contributed by atoms with E-state index in [4.69, 9.17) is 30.5 Å². The standard InChI is InChI=1S/C38H43ClN2O9S2/c1-25(2)38(42)40-52(45,46)17-14-41(4)22-30-19-33(39)36(21-35(30)49-23-27-8-6-10-31(18-27)51(5,43)44)50-24-29-9-7-11-32(26(29)3)28-12-13-34-37(20-28)48-16-15-47-34/h6-13,18-21,25H,14-17,22-24H2,1-5H3,(H,40,42). The molecule has 5 rings (SSSR count).